The number of piperidine rings is 3. The number of carbonyl (C=O) groups excluding carboxylic acids is 1. The molecule has 26 heavy (non-hydrogen) atoms. The lowest BCUT2D eigenvalue weighted by Crippen LogP contribution is -2.65. The van der Waals surface area contributed by atoms with Crippen molar-refractivity contribution in [1.82, 2.24) is 10.2 Å². The highest BCUT2D eigenvalue weighted by molar-refractivity contribution is 7.21. The van der Waals surface area contributed by atoms with Crippen molar-refractivity contribution in [2.75, 3.05) is 19.7 Å². The highest BCUT2D eigenvalue weighted by atomic mass is 32.1. The number of nitrogens with one attached hydrogen (secondary N) is 1. The maximum atomic E-state index is 13.1. The van der Waals surface area contributed by atoms with E-state index in [0.29, 0.717) is 12.0 Å². The average molecular weight is 369 g/mol. The van der Waals surface area contributed by atoms with Gasteiger partial charge in [-0.2, -0.15) is 0 Å². The molecule has 5 heteroatoms. The highest BCUT2D eigenvalue weighted by Crippen LogP contribution is 2.53. The van der Waals surface area contributed by atoms with Crippen LogP contribution in [0.5, 0.6) is 5.75 Å². The fourth-order valence-corrected chi connectivity index (χ4v) is 6.64. The van der Waals surface area contributed by atoms with Crippen molar-refractivity contribution >= 4 is 27.3 Å². The highest BCUT2D eigenvalue weighted by Gasteiger charge is 2.60. The summed E-state index contributed by atoms with van der Waals surface area (Å²) in [7, 11) is 0. The van der Waals surface area contributed by atoms with Crippen LogP contribution in [-0.4, -0.2) is 42.1 Å². The first kappa shape index (κ1) is 15.5. The number of benzene rings is 1. The molecule has 0 radical (unpaired) electrons. The number of rotatable bonds is 2. The number of aryl methyl sites for hydroxylation is 1. The van der Waals surface area contributed by atoms with E-state index in [-0.39, 0.29) is 11.4 Å². The Bertz CT molecular complexity index is 893. The zero-order valence-corrected chi connectivity index (χ0v) is 15.7. The first-order valence-corrected chi connectivity index (χ1v) is 10.8. The zero-order chi connectivity index (χ0) is 17.3. The summed E-state index contributed by atoms with van der Waals surface area (Å²) in [6.07, 6.45) is 7.14. The van der Waals surface area contributed by atoms with E-state index in [1.807, 2.05) is 0 Å². The third-order valence-corrected chi connectivity index (χ3v) is 8.20. The van der Waals surface area contributed by atoms with Crippen molar-refractivity contribution < 1.29 is 9.53 Å². The van der Waals surface area contributed by atoms with Gasteiger partial charge in [-0.25, -0.2) is 0 Å². The lowest BCUT2D eigenvalue weighted by Gasteiger charge is -2.52. The number of ether oxygens (including phenoxy) is 1. The Morgan fingerprint density at radius 2 is 2.12 bits per heavy atom. The molecule has 1 spiro atoms. The van der Waals surface area contributed by atoms with Gasteiger partial charge in [-0.3, -0.25) is 9.69 Å². The molecule has 1 saturated carbocycles. The molecule has 1 unspecified atom stereocenters. The number of fused-ring (bicyclic) bond motifs is 5. The van der Waals surface area contributed by atoms with Gasteiger partial charge < -0.3 is 10.1 Å². The molecule has 1 amide bonds. The summed E-state index contributed by atoms with van der Waals surface area (Å²) in [5.74, 6) is 1.79. The minimum atomic E-state index is 0.112. The summed E-state index contributed by atoms with van der Waals surface area (Å²) in [4.78, 5) is 16.6. The van der Waals surface area contributed by atoms with Gasteiger partial charge in [-0.1, -0.05) is 12.1 Å². The molecule has 3 saturated heterocycles. The van der Waals surface area contributed by atoms with Gasteiger partial charge in [0.05, 0.1) is 22.2 Å². The fraction of sp³-hybridized carbons (Fsp3) is 0.571. The van der Waals surface area contributed by atoms with E-state index >= 15 is 0 Å². The summed E-state index contributed by atoms with van der Waals surface area (Å²) < 4.78 is 7.08. The summed E-state index contributed by atoms with van der Waals surface area (Å²) >= 11 is 1.60. The first-order chi connectivity index (χ1) is 12.7. The first-order valence-electron chi connectivity index (χ1n) is 9.99. The predicted molar refractivity (Wildman–Crippen MR) is 103 cm³/mol. The van der Waals surface area contributed by atoms with Crippen LogP contribution in [-0.2, 0) is 6.42 Å². The van der Waals surface area contributed by atoms with Gasteiger partial charge in [0.25, 0.3) is 5.91 Å². The van der Waals surface area contributed by atoms with E-state index in [1.54, 1.807) is 11.3 Å². The van der Waals surface area contributed by atoms with Gasteiger partial charge in [0.2, 0.25) is 0 Å². The quantitative estimate of drug-likeness (QED) is 0.881. The molecular weight excluding hydrogens is 344 g/mol. The molecule has 136 valence electrons. The van der Waals surface area contributed by atoms with Crippen LogP contribution in [0, 0.1) is 5.92 Å². The SMILES string of the molecule is O=C(NC1C2CCN(CC2)C12CC2)c1cc2ccc3c(c2s1)OCCC3. The van der Waals surface area contributed by atoms with Crippen molar-refractivity contribution in [3.63, 3.8) is 0 Å². The van der Waals surface area contributed by atoms with Crippen LogP contribution in [0.4, 0.5) is 0 Å². The lowest BCUT2D eigenvalue weighted by molar-refractivity contribution is -0.00138. The number of thiophene rings is 1. The van der Waals surface area contributed by atoms with Crippen LogP contribution >= 0.6 is 11.3 Å². The van der Waals surface area contributed by atoms with E-state index < -0.39 is 0 Å². The Hall–Kier alpha value is -1.59. The summed E-state index contributed by atoms with van der Waals surface area (Å²) in [6, 6.07) is 6.70. The summed E-state index contributed by atoms with van der Waals surface area (Å²) in [5, 5.41) is 4.58. The molecule has 1 aromatic carbocycles. The smallest absolute Gasteiger partial charge is 0.261 e. The Morgan fingerprint density at radius 3 is 2.92 bits per heavy atom. The molecule has 4 nitrogen and oxygen atoms in total. The second kappa shape index (κ2) is 5.46. The Kier molecular flexibility index (Phi) is 3.25. The van der Waals surface area contributed by atoms with Crippen molar-refractivity contribution in [3.05, 3.63) is 28.6 Å². The second-order valence-corrected chi connectivity index (χ2v) is 9.47. The van der Waals surface area contributed by atoms with Gasteiger partial charge in [-0.05, 0) is 74.5 Å². The largest absolute Gasteiger partial charge is 0.492 e. The van der Waals surface area contributed by atoms with Crippen molar-refractivity contribution in [2.45, 2.75) is 50.1 Å². The molecule has 2 aromatic rings. The number of amides is 1. The van der Waals surface area contributed by atoms with Gasteiger partial charge in [0.1, 0.15) is 5.75 Å². The molecule has 1 aliphatic carbocycles. The van der Waals surface area contributed by atoms with Crippen LogP contribution in [0.3, 0.4) is 0 Å². The summed E-state index contributed by atoms with van der Waals surface area (Å²) in [5.41, 5.74) is 1.57. The summed E-state index contributed by atoms with van der Waals surface area (Å²) in [6.45, 7) is 3.24. The van der Waals surface area contributed by atoms with Gasteiger partial charge in [0, 0.05) is 5.54 Å². The molecule has 1 atom stereocenters. The molecule has 4 fully saturated rings. The third kappa shape index (κ3) is 2.13. The average Bonchev–Trinajstić information content (AvgIpc) is 3.33. The maximum Gasteiger partial charge on any atom is 0.261 e. The molecule has 5 heterocycles. The van der Waals surface area contributed by atoms with Gasteiger partial charge in [0.15, 0.2) is 0 Å². The third-order valence-electron chi connectivity index (χ3n) is 7.05. The van der Waals surface area contributed by atoms with Crippen LogP contribution in [0.2, 0.25) is 0 Å². The molecular formula is C21H24N2O2S. The number of hydrogen-bond donors (Lipinski definition) is 1. The van der Waals surface area contributed by atoms with Crippen LogP contribution < -0.4 is 10.1 Å². The van der Waals surface area contributed by atoms with E-state index in [2.05, 4.69) is 28.4 Å². The van der Waals surface area contributed by atoms with E-state index in [9.17, 15) is 4.79 Å². The van der Waals surface area contributed by atoms with Crippen LogP contribution in [0.25, 0.3) is 10.1 Å². The number of carbonyl (C=O) groups is 1. The minimum absolute atomic E-state index is 0.112. The fourth-order valence-electron chi connectivity index (χ4n) is 5.56. The van der Waals surface area contributed by atoms with Crippen molar-refractivity contribution in [1.29, 1.82) is 0 Å². The van der Waals surface area contributed by atoms with E-state index in [1.165, 1.54) is 44.3 Å². The van der Waals surface area contributed by atoms with E-state index in [4.69, 9.17) is 4.74 Å². The maximum absolute atomic E-state index is 13.1. The van der Waals surface area contributed by atoms with Gasteiger partial charge in [-0.15, -0.1) is 11.3 Å². The van der Waals surface area contributed by atoms with Crippen LogP contribution in [0.1, 0.15) is 47.3 Å². The Labute approximate surface area is 157 Å². The number of hydrogen-bond acceptors (Lipinski definition) is 4. The van der Waals surface area contributed by atoms with E-state index in [0.717, 1.165) is 40.2 Å². The predicted octanol–water partition coefficient (Wildman–Crippen LogP) is 3.58. The Morgan fingerprint density at radius 1 is 1.27 bits per heavy atom. The van der Waals surface area contributed by atoms with Gasteiger partial charge >= 0.3 is 0 Å². The standard InChI is InChI=1S/C21H24N2O2S/c24-20(22-19-14-5-9-23(10-6-14)21(19)7-8-21)16-12-15-4-3-13-2-1-11-25-17(13)18(15)26-16/h3-4,12,14,19H,1-2,5-11H2,(H,22,24). The molecule has 1 N–H and O–H groups in total. The van der Waals surface area contributed by atoms with Crippen molar-refractivity contribution in [3.8, 4) is 5.75 Å². The molecule has 1 aromatic heterocycles. The monoisotopic (exact) mass is 368 g/mol. The normalized spacial score (nSPS) is 30.8. The zero-order valence-electron chi connectivity index (χ0n) is 14.9. The molecule has 7 rings (SSSR count). The van der Waals surface area contributed by atoms with Crippen LogP contribution in [0.15, 0.2) is 18.2 Å². The molecule has 4 aliphatic heterocycles. The Balaban J connectivity index is 1.31. The minimum Gasteiger partial charge on any atom is -0.492 e. The topological polar surface area (TPSA) is 41.6 Å². The number of nitrogens with zero attached hydrogens (tertiary/aromatic N) is 1. The second-order valence-electron chi connectivity index (χ2n) is 8.41. The van der Waals surface area contributed by atoms with Crippen molar-refractivity contribution in [2.24, 2.45) is 5.92 Å². The molecule has 5 aliphatic rings. The lowest BCUT2D eigenvalue weighted by atomic mass is 9.77. The molecule has 2 bridgehead atoms.